The molecule has 0 atom stereocenters. The van der Waals surface area contributed by atoms with Crippen molar-refractivity contribution in [3.8, 4) is 39.3 Å². The normalized spacial score (nSPS) is 15.6. The van der Waals surface area contributed by atoms with Crippen LogP contribution < -0.4 is 0 Å². The lowest BCUT2D eigenvalue weighted by Gasteiger charge is -2.27. The highest BCUT2D eigenvalue weighted by molar-refractivity contribution is 6.10. The maximum atomic E-state index is 15.2. The van der Waals surface area contributed by atoms with Crippen LogP contribution in [0, 0.1) is 26.4 Å². The second-order valence-corrected chi connectivity index (χ2v) is 13.2. The Kier molecular flexibility index (Phi) is 4.93. The molecule has 48 heavy (non-hydrogen) atoms. The molecule has 0 amide bonds. The molecule has 0 unspecified atom stereocenters. The lowest BCUT2D eigenvalue weighted by atomic mass is 9.83. The minimum absolute atomic E-state index is 0.221. The summed E-state index contributed by atoms with van der Waals surface area (Å²) in [6.45, 7) is -2.39. The second kappa shape index (κ2) is 11.1. The first kappa shape index (κ1) is 21.4. The predicted molar refractivity (Wildman–Crippen MR) is 198 cm³/mol. The minimum Gasteiger partial charge on any atom is -0.455 e. The molecule has 2 aromatic heterocycles. The highest BCUT2D eigenvalue weighted by Gasteiger charge is 2.27. The lowest BCUT2D eigenvalue weighted by molar-refractivity contribution is 0.587. The molecule has 4 heteroatoms. The summed E-state index contributed by atoms with van der Waals surface area (Å²) in [5.74, 6) is 0.119. The fourth-order valence-corrected chi connectivity index (χ4v) is 6.66. The summed E-state index contributed by atoms with van der Waals surface area (Å²) in [5.41, 5.74) is 5.07. The van der Waals surface area contributed by atoms with Gasteiger partial charge < -0.3 is 4.42 Å². The summed E-state index contributed by atoms with van der Waals surface area (Å²) in [6.07, 6.45) is 0. The summed E-state index contributed by atoms with van der Waals surface area (Å²) in [5, 5.41) is 1.49. The molecule has 0 aliphatic carbocycles. The van der Waals surface area contributed by atoms with E-state index in [9.17, 15) is 0 Å². The van der Waals surface area contributed by atoms with Gasteiger partial charge in [0.1, 0.15) is 22.8 Å². The van der Waals surface area contributed by atoms with E-state index in [-0.39, 0.29) is 11.0 Å². The molecule has 0 N–H and O–H groups in total. The molecule has 0 saturated heterocycles. The Hall–Kier alpha value is -5.48. The van der Waals surface area contributed by atoms with E-state index in [0.29, 0.717) is 39.2 Å². The molecule has 3 nitrogen and oxygen atoms in total. The van der Waals surface area contributed by atoms with Gasteiger partial charge in [-0.2, -0.15) is 0 Å². The number of para-hydroxylation sites is 2. The zero-order valence-electron chi connectivity index (χ0n) is 35.7. The maximum Gasteiger partial charge on any atom is 0.149 e. The highest BCUT2D eigenvalue weighted by atomic mass is 19.1. The summed E-state index contributed by atoms with van der Waals surface area (Å²) < 4.78 is 97.0. The number of aromatic nitrogens is 2. The van der Waals surface area contributed by atoms with Crippen LogP contribution in [0.3, 0.4) is 0 Å². The summed E-state index contributed by atoms with van der Waals surface area (Å²) in [6, 6.07) is 34.1. The van der Waals surface area contributed by atoms with Crippen molar-refractivity contribution >= 4 is 33.0 Å². The first-order chi connectivity index (χ1) is 26.7. The third-order valence-electron chi connectivity index (χ3n) is 8.98. The van der Waals surface area contributed by atoms with Crippen molar-refractivity contribution in [3.63, 3.8) is 0 Å². The van der Waals surface area contributed by atoms with Crippen molar-refractivity contribution in [1.29, 1.82) is 0 Å². The van der Waals surface area contributed by atoms with Gasteiger partial charge in [0.05, 0.1) is 22.3 Å². The maximum absolute atomic E-state index is 15.2. The van der Waals surface area contributed by atoms with Gasteiger partial charge in [0.2, 0.25) is 0 Å². The van der Waals surface area contributed by atoms with Crippen LogP contribution in [-0.4, -0.2) is 9.55 Å². The largest absolute Gasteiger partial charge is 0.455 e. The van der Waals surface area contributed by atoms with E-state index in [1.807, 2.05) is 65.2 Å². The standard InChI is InChI=1S/C44H37FN2O/c1-26-22-31(23-27(2)28(26)3)30-18-20-34-35-15-10-16-36(42(35)48-40(34)24-30)43-46-38-21-19-32(45)25-39(38)47(43)41-33(29-12-8-7-9-13-29)14-11-17-37(41)44(4,5)6/h7-25H,1-6H3/i1D3,2D3,3D3. The molecule has 0 radical (unpaired) electrons. The third kappa shape index (κ3) is 4.83. The van der Waals surface area contributed by atoms with Gasteiger partial charge in [0.15, 0.2) is 0 Å². The van der Waals surface area contributed by atoms with Crippen molar-refractivity contribution in [1.82, 2.24) is 9.55 Å². The lowest BCUT2D eigenvalue weighted by Crippen LogP contribution is -2.16. The second-order valence-electron chi connectivity index (χ2n) is 13.2. The summed E-state index contributed by atoms with van der Waals surface area (Å²) in [4.78, 5) is 5.12. The molecule has 0 aliphatic rings. The molecule has 0 spiro atoms. The van der Waals surface area contributed by atoms with Gasteiger partial charge in [-0.05, 0) is 95.2 Å². The van der Waals surface area contributed by atoms with Crippen LogP contribution in [-0.2, 0) is 5.41 Å². The monoisotopic (exact) mass is 637 g/mol. The fourth-order valence-electron chi connectivity index (χ4n) is 6.66. The van der Waals surface area contributed by atoms with E-state index >= 15 is 4.39 Å². The topological polar surface area (TPSA) is 31.0 Å². The SMILES string of the molecule is [2H]C([2H])([2H])c1cc(-c2ccc3c(c2)oc2c(-c4nc5ccc(F)cc5n4-c4c(-c5ccccc5)cccc4C(C)(C)C)cccc23)cc(C([2H])([2H])[2H])c1C([2H])([2H])[2H]. The first-order valence-corrected chi connectivity index (χ1v) is 15.7. The number of benzene rings is 6. The average molecular weight is 638 g/mol. The van der Waals surface area contributed by atoms with Gasteiger partial charge in [0, 0.05) is 34.7 Å². The molecule has 0 bridgehead atoms. The molecule has 6 aromatic carbocycles. The van der Waals surface area contributed by atoms with E-state index in [2.05, 4.69) is 32.9 Å². The Morgan fingerprint density at radius 3 is 2.21 bits per heavy atom. The van der Waals surface area contributed by atoms with Crippen molar-refractivity contribution in [2.24, 2.45) is 0 Å². The van der Waals surface area contributed by atoms with Crippen LogP contribution in [0.15, 0.2) is 120 Å². The quantitative estimate of drug-likeness (QED) is 0.192. The molecular weight excluding hydrogens is 591 g/mol. The van der Waals surface area contributed by atoms with Crippen molar-refractivity contribution in [2.45, 2.75) is 46.7 Å². The first-order valence-electron chi connectivity index (χ1n) is 20.2. The molecule has 2 heterocycles. The highest BCUT2D eigenvalue weighted by Crippen LogP contribution is 2.43. The number of rotatable bonds is 4. The van der Waals surface area contributed by atoms with Crippen LogP contribution >= 0.6 is 0 Å². The van der Waals surface area contributed by atoms with Crippen molar-refractivity contribution < 1.29 is 21.1 Å². The number of nitrogens with zero attached hydrogens (tertiary/aromatic N) is 2. The number of imidazole rings is 1. The van der Waals surface area contributed by atoms with E-state index in [0.717, 1.165) is 33.2 Å². The molecule has 236 valence electrons. The third-order valence-corrected chi connectivity index (χ3v) is 8.98. The Morgan fingerprint density at radius 1 is 0.688 bits per heavy atom. The fraction of sp³-hybridized carbons (Fsp3) is 0.159. The van der Waals surface area contributed by atoms with Crippen LogP contribution in [0.5, 0.6) is 0 Å². The molecule has 8 rings (SSSR count). The van der Waals surface area contributed by atoms with Crippen LogP contribution in [0.4, 0.5) is 4.39 Å². The van der Waals surface area contributed by atoms with E-state index in [1.54, 1.807) is 18.2 Å². The van der Waals surface area contributed by atoms with Gasteiger partial charge in [-0.25, -0.2) is 9.37 Å². The minimum atomic E-state index is -2.98. The van der Waals surface area contributed by atoms with Gasteiger partial charge >= 0.3 is 0 Å². The number of hydrogen-bond donors (Lipinski definition) is 0. The average Bonchev–Trinajstić information content (AvgIpc) is 3.70. The Bertz CT molecular complexity index is 2820. The predicted octanol–water partition coefficient (Wildman–Crippen LogP) is 12.3. The van der Waals surface area contributed by atoms with Crippen LogP contribution in [0.25, 0.3) is 72.3 Å². The van der Waals surface area contributed by atoms with Crippen LogP contribution in [0.2, 0.25) is 0 Å². The van der Waals surface area contributed by atoms with E-state index in [1.165, 1.54) is 24.3 Å². The Balaban J connectivity index is 1.40. The molecule has 8 aromatic rings. The number of fused-ring (bicyclic) bond motifs is 4. The van der Waals surface area contributed by atoms with Crippen LogP contribution in [0.1, 0.15) is 55.4 Å². The van der Waals surface area contributed by atoms with E-state index < -0.39 is 43.1 Å². The van der Waals surface area contributed by atoms with Crippen molar-refractivity contribution in [2.75, 3.05) is 0 Å². The Morgan fingerprint density at radius 2 is 1.46 bits per heavy atom. The number of aryl methyl sites for hydroxylation is 2. The van der Waals surface area contributed by atoms with Gasteiger partial charge in [0.25, 0.3) is 0 Å². The number of hydrogen-bond acceptors (Lipinski definition) is 2. The van der Waals surface area contributed by atoms with Gasteiger partial charge in [-0.1, -0.05) is 99.6 Å². The molecule has 0 saturated carbocycles. The molecular formula is C44H37FN2O. The number of furan rings is 1. The zero-order chi connectivity index (χ0) is 40.8. The van der Waals surface area contributed by atoms with E-state index in [4.69, 9.17) is 21.7 Å². The van der Waals surface area contributed by atoms with Gasteiger partial charge in [-0.3, -0.25) is 4.57 Å². The van der Waals surface area contributed by atoms with Gasteiger partial charge in [-0.15, -0.1) is 0 Å². The number of halogens is 1. The summed E-state index contributed by atoms with van der Waals surface area (Å²) in [7, 11) is 0. The summed E-state index contributed by atoms with van der Waals surface area (Å²) >= 11 is 0. The zero-order valence-corrected chi connectivity index (χ0v) is 26.7. The molecule has 0 aliphatic heterocycles. The Labute approximate surface area is 293 Å². The smallest absolute Gasteiger partial charge is 0.149 e. The molecule has 0 fully saturated rings. The van der Waals surface area contributed by atoms with Crippen molar-refractivity contribution in [3.05, 3.63) is 143 Å².